The Balaban J connectivity index is 1.42. The molecule has 2 aliphatic heterocycles. The molecule has 1 fully saturated rings. The van der Waals surface area contributed by atoms with Crippen molar-refractivity contribution in [3.63, 3.8) is 0 Å². The maximum atomic E-state index is 12.6. The summed E-state index contributed by atoms with van der Waals surface area (Å²) in [4.78, 5) is 25.5. The van der Waals surface area contributed by atoms with Crippen LogP contribution in [0.5, 0.6) is 0 Å². The standard InChI is InChI=1S/C23H21N5OS/c29-21-15-12-17(27-20(15)23(13-26-21)6-9-24-10-7-23)14-5-8-25-18(11-14)22-28-16-3-1-2-4-19(16)30-22/h1-5,8,11-12,24,27H,6-7,9-10,13H2,(H,26,29). The number of aromatic amines is 1. The number of carbonyl (C=O) groups excluding carboxylic acids is 1. The minimum absolute atomic E-state index is 0.00433. The van der Waals surface area contributed by atoms with E-state index in [0.29, 0.717) is 6.54 Å². The second kappa shape index (κ2) is 6.75. The van der Waals surface area contributed by atoms with E-state index >= 15 is 0 Å². The van der Waals surface area contributed by atoms with Crippen LogP contribution in [0.25, 0.3) is 32.2 Å². The van der Waals surface area contributed by atoms with Crippen molar-refractivity contribution in [2.45, 2.75) is 18.3 Å². The fourth-order valence-corrected chi connectivity index (χ4v) is 5.60. The number of rotatable bonds is 2. The third-order valence-electron chi connectivity index (χ3n) is 6.32. The molecule has 150 valence electrons. The van der Waals surface area contributed by atoms with Gasteiger partial charge in [-0.05, 0) is 56.3 Å². The topological polar surface area (TPSA) is 82.7 Å². The van der Waals surface area contributed by atoms with E-state index in [-0.39, 0.29) is 11.3 Å². The first kappa shape index (κ1) is 17.8. The van der Waals surface area contributed by atoms with Crippen LogP contribution in [0.1, 0.15) is 28.9 Å². The number of para-hydroxylation sites is 1. The number of pyridine rings is 1. The molecule has 1 saturated heterocycles. The number of aromatic nitrogens is 3. The van der Waals surface area contributed by atoms with Gasteiger partial charge in [-0.15, -0.1) is 11.3 Å². The summed E-state index contributed by atoms with van der Waals surface area (Å²) < 4.78 is 1.15. The molecule has 4 aromatic rings. The first-order valence-corrected chi connectivity index (χ1v) is 11.1. The highest BCUT2D eigenvalue weighted by Gasteiger charge is 2.42. The minimum Gasteiger partial charge on any atom is -0.357 e. The Morgan fingerprint density at radius 2 is 1.93 bits per heavy atom. The van der Waals surface area contributed by atoms with Gasteiger partial charge >= 0.3 is 0 Å². The van der Waals surface area contributed by atoms with Crippen LogP contribution in [-0.2, 0) is 5.41 Å². The number of hydrogen-bond donors (Lipinski definition) is 3. The molecule has 6 rings (SSSR count). The average Bonchev–Trinajstić information content (AvgIpc) is 3.43. The fourth-order valence-electron chi connectivity index (χ4n) is 4.67. The lowest BCUT2D eigenvalue weighted by molar-refractivity contribution is 0.0913. The van der Waals surface area contributed by atoms with Crippen LogP contribution in [0.3, 0.4) is 0 Å². The van der Waals surface area contributed by atoms with Crippen molar-refractivity contribution in [2.75, 3.05) is 19.6 Å². The van der Waals surface area contributed by atoms with Crippen LogP contribution in [0.4, 0.5) is 0 Å². The van der Waals surface area contributed by atoms with Gasteiger partial charge in [0, 0.05) is 35.1 Å². The molecule has 3 N–H and O–H groups in total. The van der Waals surface area contributed by atoms with Gasteiger partial charge in [0.1, 0.15) is 5.01 Å². The zero-order valence-electron chi connectivity index (χ0n) is 16.4. The Kier molecular flexibility index (Phi) is 4.01. The lowest BCUT2D eigenvalue weighted by atomic mass is 9.73. The quantitative estimate of drug-likeness (QED) is 0.466. The van der Waals surface area contributed by atoms with Crippen LogP contribution >= 0.6 is 11.3 Å². The monoisotopic (exact) mass is 415 g/mol. The van der Waals surface area contributed by atoms with Crippen molar-refractivity contribution in [1.29, 1.82) is 0 Å². The Bertz CT molecular complexity index is 1230. The van der Waals surface area contributed by atoms with E-state index < -0.39 is 0 Å². The first-order chi connectivity index (χ1) is 14.7. The molecule has 0 radical (unpaired) electrons. The molecule has 2 aliphatic rings. The Morgan fingerprint density at radius 1 is 1.07 bits per heavy atom. The molecule has 0 unspecified atom stereocenters. The third kappa shape index (κ3) is 2.77. The highest BCUT2D eigenvalue weighted by atomic mass is 32.1. The SMILES string of the molecule is O=C1NCC2(CCNCC2)c2[nH]c(-c3ccnc(-c4nc5ccccc5s4)c3)cc21. The average molecular weight is 416 g/mol. The summed E-state index contributed by atoms with van der Waals surface area (Å²) in [5.74, 6) is 0.0112. The number of nitrogens with one attached hydrogen (secondary N) is 3. The molecular formula is C23H21N5OS. The number of amides is 1. The minimum atomic E-state index is -0.00433. The number of piperidine rings is 1. The predicted molar refractivity (Wildman–Crippen MR) is 119 cm³/mol. The molecule has 1 aromatic carbocycles. The Hall–Kier alpha value is -3.03. The summed E-state index contributed by atoms with van der Waals surface area (Å²) in [5, 5.41) is 7.45. The molecule has 30 heavy (non-hydrogen) atoms. The zero-order chi connectivity index (χ0) is 20.1. The molecule has 5 heterocycles. The van der Waals surface area contributed by atoms with Gasteiger partial charge in [0.15, 0.2) is 0 Å². The molecule has 1 spiro atoms. The smallest absolute Gasteiger partial charge is 0.253 e. The van der Waals surface area contributed by atoms with Gasteiger partial charge in [0.25, 0.3) is 5.91 Å². The second-order valence-electron chi connectivity index (χ2n) is 8.10. The lowest BCUT2D eigenvalue weighted by Gasteiger charge is -2.40. The summed E-state index contributed by atoms with van der Waals surface area (Å²) in [6.07, 6.45) is 3.86. The van der Waals surface area contributed by atoms with Gasteiger partial charge in [-0.25, -0.2) is 4.98 Å². The lowest BCUT2D eigenvalue weighted by Crippen LogP contribution is -2.51. The third-order valence-corrected chi connectivity index (χ3v) is 7.38. The van der Waals surface area contributed by atoms with Crippen molar-refractivity contribution < 1.29 is 4.79 Å². The van der Waals surface area contributed by atoms with Gasteiger partial charge in [-0.1, -0.05) is 12.1 Å². The number of carbonyl (C=O) groups is 1. The maximum Gasteiger partial charge on any atom is 0.253 e. The fraction of sp³-hybridized carbons (Fsp3) is 0.261. The highest BCUT2D eigenvalue weighted by molar-refractivity contribution is 7.21. The van der Waals surface area contributed by atoms with Gasteiger partial charge in [0.2, 0.25) is 0 Å². The van der Waals surface area contributed by atoms with E-state index in [2.05, 4.69) is 32.7 Å². The van der Waals surface area contributed by atoms with Gasteiger partial charge in [-0.2, -0.15) is 0 Å². The van der Waals surface area contributed by atoms with Crippen molar-refractivity contribution in [2.24, 2.45) is 0 Å². The van der Waals surface area contributed by atoms with E-state index in [1.54, 1.807) is 11.3 Å². The summed E-state index contributed by atoms with van der Waals surface area (Å²) in [6.45, 7) is 2.65. The van der Waals surface area contributed by atoms with Crippen molar-refractivity contribution in [3.05, 3.63) is 59.9 Å². The number of thiazole rings is 1. The molecule has 0 bridgehead atoms. The van der Waals surface area contributed by atoms with Crippen LogP contribution in [0.2, 0.25) is 0 Å². The number of nitrogens with zero attached hydrogens (tertiary/aromatic N) is 2. The maximum absolute atomic E-state index is 12.6. The summed E-state index contributed by atoms with van der Waals surface area (Å²) in [7, 11) is 0. The summed E-state index contributed by atoms with van der Waals surface area (Å²) >= 11 is 1.64. The molecule has 1 amide bonds. The molecular weight excluding hydrogens is 394 g/mol. The summed E-state index contributed by atoms with van der Waals surface area (Å²) in [6, 6.07) is 14.2. The van der Waals surface area contributed by atoms with E-state index in [1.165, 1.54) is 0 Å². The zero-order valence-corrected chi connectivity index (χ0v) is 17.2. The van der Waals surface area contributed by atoms with Crippen LogP contribution < -0.4 is 10.6 Å². The molecule has 3 aromatic heterocycles. The molecule has 7 heteroatoms. The number of benzene rings is 1. The predicted octanol–water partition coefficient (Wildman–Crippen LogP) is 3.72. The second-order valence-corrected chi connectivity index (χ2v) is 9.13. The Morgan fingerprint density at radius 3 is 2.80 bits per heavy atom. The number of H-pyrrole nitrogens is 1. The van der Waals surface area contributed by atoms with E-state index in [0.717, 1.165) is 69.4 Å². The number of hydrogen-bond acceptors (Lipinski definition) is 5. The van der Waals surface area contributed by atoms with E-state index in [1.807, 2.05) is 36.5 Å². The Labute approximate surface area is 177 Å². The molecule has 0 atom stereocenters. The highest BCUT2D eigenvalue weighted by Crippen LogP contribution is 2.39. The van der Waals surface area contributed by atoms with E-state index in [4.69, 9.17) is 4.98 Å². The van der Waals surface area contributed by atoms with Gasteiger partial charge in [0.05, 0.1) is 21.5 Å². The molecule has 6 nitrogen and oxygen atoms in total. The normalized spacial score (nSPS) is 17.8. The largest absolute Gasteiger partial charge is 0.357 e. The van der Waals surface area contributed by atoms with Crippen LogP contribution in [0.15, 0.2) is 48.7 Å². The summed E-state index contributed by atoms with van der Waals surface area (Å²) in [5.41, 5.74) is 5.67. The van der Waals surface area contributed by atoms with Gasteiger partial charge in [-0.3, -0.25) is 9.78 Å². The van der Waals surface area contributed by atoms with Crippen LogP contribution in [-0.4, -0.2) is 40.5 Å². The molecule has 0 aliphatic carbocycles. The van der Waals surface area contributed by atoms with Crippen molar-refractivity contribution >= 4 is 27.5 Å². The van der Waals surface area contributed by atoms with Gasteiger partial charge < -0.3 is 15.6 Å². The van der Waals surface area contributed by atoms with Crippen molar-refractivity contribution in [3.8, 4) is 22.0 Å². The number of fused-ring (bicyclic) bond motifs is 3. The van der Waals surface area contributed by atoms with Crippen LogP contribution in [0, 0.1) is 0 Å². The molecule has 0 saturated carbocycles. The van der Waals surface area contributed by atoms with E-state index in [9.17, 15) is 4.79 Å². The first-order valence-electron chi connectivity index (χ1n) is 10.3. The van der Waals surface area contributed by atoms with Crippen molar-refractivity contribution in [1.82, 2.24) is 25.6 Å².